The molecule has 1 saturated heterocycles. The summed E-state index contributed by atoms with van der Waals surface area (Å²) in [7, 11) is -2.85. The Kier molecular flexibility index (Phi) is 5.26. The van der Waals surface area contributed by atoms with Crippen molar-refractivity contribution in [3.05, 3.63) is 59.7 Å². The molecule has 0 unspecified atom stereocenters. The average molecular weight is 443 g/mol. The van der Waals surface area contributed by atoms with Crippen molar-refractivity contribution < 1.29 is 13.5 Å². The van der Waals surface area contributed by atoms with Gasteiger partial charge in [-0.2, -0.15) is 10.6 Å². The van der Waals surface area contributed by atoms with Gasteiger partial charge in [-0.15, -0.1) is 0 Å². The van der Waals surface area contributed by atoms with Gasteiger partial charge < -0.3 is 15.5 Å². The Morgan fingerprint density at radius 2 is 2.00 bits per heavy atom. The SMILES string of the molecule is Cc1ccc2nc(N3CCS(O)(O)c4ccccc4C3)cc(N[C@H]3CNC[C@@H]3F)c2c1. The zero-order valence-corrected chi connectivity index (χ0v) is 18.2. The molecule has 2 aliphatic heterocycles. The monoisotopic (exact) mass is 442 g/mol. The van der Waals surface area contributed by atoms with Crippen LogP contribution in [0.2, 0.25) is 0 Å². The number of nitrogens with zero attached hydrogens (tertiary/aromatic N) is 2. The van der Waals surface area contributed by atoms with E-state index in [1.54, 1.807) is 6.07 Å². The van der Waals surface area contributed by atoms with Crippen LogP contribution in [0, 0.1) is 6.92 Å². The van der Waals surface area contributed by atoms with Crippen LogP contribution in [-0.4, -0.2) is 51.7 Å². The number of alkyl halides is 1. The van der Waals surface area contributed by atoms with E-state index in [4.69, 9.17) is 4.98 Å². The largest absolute Gasteiger partial charge is 0.377 e. The summed E-state index contributed by atoms with van der Waals surface area (Å²) in [5.74, 6) is 0.992. The maximum atomic E-state index is 14.3. The normalized spacial score (nSPS) is 23.9. The lowest BCUT2D eigenvalue weighted by Crippen LogP contribution is -2.30. The van der Waals surface area contributed by atoms with E-state index in [1.807, 2.05) is 43.3 Å². The lowest BCUT2D eigenvalue weighted by molar-refractivity contribution is 0.343. The third-order valence-electron chi connectivity index (χ3n) is 6.09. The number of nitrogens with one attached hydrogen (secondary N) is 2. The lowest BCUT2D eigenvalue weighted by atomic mass is 10.1. The van der Waals surface area contributed by atoms with Crippen LogP contribution in [0.5, 0.6) is 0 Å². The fourth-order valence-electron chi connectivity index (χ4n) is 4.38. The third kappa shape index (κ3) is 3.96. The molecule has 6 nitrogen and oxygen atoms in total. The molecule has 0 amide bonds. The number of anilines is 2. The zero-order chi connectivity index (χ0) is 21.6. The second-order valence-electron chi connectivity index (χ2n) is 8.37. The number of aromatic nitrogens is 1. The minimum Gasteiger partial charge on any atom is -0.377 e. The minimum absolute atomic E-state index is 0.249. The second kappa shape index (κ2) is 7.94. The molecule has 1 aromatic heterocycles. The molecule has 8 heteroatoms. The molecule has 0 spiro atoms. The van der Waals surface area contributed by atoms with Crippen LogP contribution in [0.3, 0.4) is 0 Å². The number of fused-ring (bicyclic) bond motifs is 2. The summed E-state index contributed by atoms with van der Waals surface area (Å²) in [6, 6.07) is 15.2. The van der Waals surface area contributed by atoms with Crippen LogP contribution in [0.15, 0.2) is 53.4 Å². The van der Waals surface area contributed by atoms with E-state index in [9.17, 15) is 13.5 Å². The third-order valence-corrected chi connectivity index (χ3v) is 7.94. The Balaban J connectivity index is 1.56. The van der Waals surface area contributed by atoms with Gasteiger partial charge in [-0.1, -0.05) is 29.8 Å². The fourth-order valence-corrected chi connectivity index (χ4v) is 5.92. The number of aryl methyl sites for hydroxylation is 1. The lowest BCUT2D eigenvalue weighted by Gasteiger charge is -2.32. The van der Waals surface area contributed by atoms with Gasteiger partial charge in [0, 0.05) is 43.3 Å². The first-order valence-corrected chi connectivity index (χ1v) is 12.2. The number of pyridine rings is 1. The molecule has 2 aliphatic rings. The number of rotatable bonds is 3. The van der Waals surface area contributed by atoms with Crippen molar-refractivity contribution in [1.82, 2.24) is 10.3 Å². The topological polar surface area (TPSA) is 80.7 Å². The quantitative estimate of drug-likeness (QED) is 0.482. The van der Waals surface area contributed by atoms with Crippen molar-refractivity contribution in [2.75, 3.05) is 35.6 Å². The van der Waals surface area contributed by atoms with Gasteiger partial charge in [0.25, 0.3) is 0 Å². The first-order chi connectivity index (χ1) is 14.9. The average Bonchev–Trinajstić information content (AvgIpc) is 3.09. The van der Waals surface area contributed by atoms with Crippen molar-refractivity contribution >= 4 is 33.0 Å². The van der Waals surface area contributed by atoms with E-state index in [-0.39, 0.29) is 11.8 Å². The molecule has 3 heterocycles. The molecule has 2 aromatic carbocycles. The van der Waals surface area contributed by atoms with Crippen molar-refractivity contribution in [3.8, 4) is 0 Å². The number of benzene rings is 2. The molecule has 3 aromatic rings. The molecule has 0 radical (unpaired) electrons. The Morgan fingerprint density at radius 3 is 2.81 bits per heavy atom. The summed E-state index contributed by atoms with van der Waals surface area (Å²) in [5, 5.41) is 7.45. The Labute approximate surface area is 182 Å². The zero-order valence-electron chi connectivity index (χ0n) is 17.4. The predicted molar refractivity (Wildman–Crippen MR) is 125 cm³/mol. The summed E-state index contributed by atoms with van der Waals surface area (Å²) in [5.41, 5.74) is 3.69. The maximum Gasteiger partial charge on any atom is 0.134 e. The first-order valence-electron chi connectivity index (χ1n) is 10.5. The summed E-state index contributed by atoms with van der Waals surface area (Å²) in [6.07, 6.45) is -0.950. The van der Waals surface area contributed by atoms with Gasteiger partial charge in [-0.05, 0) is 30.7 Å². The predicted octanol–water partition coefficient (Wildman–Crippen LogP) is 4.39. The van der Waals surface area contributed by atoms with Gasteiger partial charge in [0.15, 0.2) is 0 Å². The summed E-state index contributed by atoms with van der Waals surface area (Å²) in [6.45, 7) is 3.96. The molecule has 1 fully saturated rings. The molecular weight excluding hydrogens is 415 g/mol. The summed E-state index contributed by atoms with van der Waals surface area (Å²) < 4.78 is 35.7. The van der Waals surface area contributed by atoms with Gasteiger partial charge >= 0.3 is 0 Å². The van der Waals surface area contributed by atoms with Gasteiger partial charge in [0.2, 0.25) is 0 Å². The second-order valence-corrected chi connectivity index (χ2v) is 10.6. The molecule has 4 N–H and O–H groups in total. The standard InChI is InChI=1S/C23H27FN4O2S/c1-15-6-7-19-17(10-15)20(26-21-13-25-12-18(21)24)11-23(27-19)28-8-9-31(29,30)22-5-3-2-4-16(22)14-28/h2-7,10-11,18,21,25,29-30H,8-9,12-14H2,1H3,(H,26,27)/t18-,21-/m0/s1. The highest BCUT2D eigenvalue weighted by Crippen LogP contribution is 2.51. The van der Waals surface area contributed by atoms with E-state index in [1.165, 1.54) is 0 Å². The van der Waals surface area contributed by atoms with Crippen LogP contribution in [0.1, 0.15) is 11.1 Å². The van der Waals surface area contributed by atoms with Crippen molar-refractivity contribution in [3.63, 3.8) is 0 Å². The van der Waals surface area contributed by atoms with Gasteiger partial charge in [-0.3, -0.25) is 9.11 Å². The van der Waals surface area contributed by atoms with Gasteiger partial charge in [0.1, 0.15) is 12.0 Å². The molecule has 31 heavy (non-hydrogen) atoms. The highest BCUT2D eigenvalue weighted by atomic mass is 32.3. The highest BCUT2D eigenvalue weighted by molar-refractivity contribution is 8.24. The van der Waals surface area contributed by atoms with Crippen LogP contribution in [-0.2, 0) is 6.54 Å². The molecule has 2 atom stereocenters. The summed E-state index contributed by atoms with van der Waals surface area (Å²) in [4.78, 5) is 7.57. The van der Waals surface area contributed by atoms with Crippen molar-refractivity contribution in [1.29, 1.82) is 0 Å². The molecule has 164 valence electrons. The summed E-state index contributed by atoms with van der Waals surface area (Å²) >= 11 is 0. The maximum absolute atomic E-state index is 14.3. The van der Waals surface area contributed by atoms with E-state index < -0.39 is 16.8 Å². The minimum atomic E-state index is -2.85. The van der Waals surface area contributed by atoms with E-state index in [0.717, 1.165) is 33.5 Å². The number of hydrogen-bond donors (Lipinski definition) is 4. The molecule has 5 rings (SSSR count). The number of hydrogen-bond acceptors (Lipinski definition) is 6. The molecule has 0 aliphatic carbocycles. The van der Waals surface area contributed by atoms with Gasteiger partial charge in [-0.25, -0.2) is 9.37 Å². The van der Waals surface area contributed by atoms with Crippen LogP contribution in [0.4, 0.5) is 15.9 Å². The first kappa shape index (κ1) is 20.5. The van der Waals surface area contributed by atoms with Crippen LogP contribution in [0.25, 0.3) is 10.9 Å². The van der Waals surface area contributed by atoms with Crippen LogP contribution < -0.4 is 15.5 Å². The van der Waals surface area contributed by atoms with E-state index >= 15 is 0 Å². The Morgan fingerprint density at radius 1 is 1.16 bits per heavy atom. The van der Waals surface area contributed by atoms with Gasteiger partial charge in [0.05, 0.1) is 22.2 Å². The number of halogens is 1. The fraction of sp³-hybridized carbons (Fsp3) is 0.348. The van der Waals surface area contributed by atoms with Crippen LogP contribution >= 0.6 is 10.6 Å². The molecular formula is C23H27FN4O2S. The molecule has 0 saturated carbocycles. The Hall–Kier alpha value is -2.39. The Bertz CT molecular complexity index is 1130. The van der Waals surface area contributed by atoms with Crippen molar-refractivity contribution in [2.24, 2.45) is 0 Å². The van der Waals surface area contributed by atoms with E-state index in [2.05, 4.69) is 21.6 Å². The highest BCUT2D eigenvalue weighted by Gasteiger charge is 2.29. The van der Waals surface area contributed by atoms with Crippen molar-refractivity contribution in [2.45, 2.75) is 30.6 Å². The van der Waals surface area contributed by atoms with E-state index in [0.29, 0.717) is 31.1 Å². The molecule has 0 bridgehead atoms. The smallest absolute Gasteiger partial charge is 0.134 e.